The van der Waals surface area contributed by atoms with Crippen LogP contribution in [0.25, 0.3) is 0 Å². The maximum absolute atomic E-state index is 12.8. The first-order valence-electron chi connectivity index (χ1n) is 21.5. The normalized spacial score (nSPS) is 13.8. The molecule has 0 bridgehead atoms. The van der Waals surface area contributed by atoms with Gasteiger partial charge in [-0.3, -0.25) is 14.4 Å². The van der Waals surface area contributed by atoms with Crippen LogP contribution >= 0.6 is 0 Å². The Morgan fingerprint density at radius 1 is 0.604 bits per heavy atom. The van der Waals surface area contributed by atoms with Crippen molar-refractivity contribution in [3.8, 4) is 0 Å². The third-order valence-electron chi connectivity index (χ3n) is 9.98. The highest BCUT2D eigenvalue weighted by Gasteiger charge is 2.18. The Labute approximate surface area is 325 Å². The number of nitrogens with zero attached hydrogens (tertiary/aromatic N) is 2. The molecule has 1 heterocycles. The minimum absolute atomic E-state index is 0.0285. The summed E-state index contributed by atoms with van der Waals surface area (Å²) in [5, 5.41) is 0. The van der Waals surface area contributed by atoms with Crippen LogP contribution in [0.5, 0.6) is 0 Å². The predicted octanol–water partition coefficient (Wildman–Crippen LogP) is 12.1. The van der Waals surface area contributed by atoms with Gasteiger partial charge in [0.15, 0.2) is 0 Å². The molecule has 0 amide bonds. The molecule has 0 aromatic carbocycles. The fraction of sp³-hybridized carbons (Fsp3) is 0.867. The molecule has 0 aliphatic carbocycles. The number of rotatable bonds is 31. The van der Waals surface area contributed by atoms with Crippen molar-refractivity contribution in [2.24, 2.45) is 22.7 Å². The van der Waals surface area contributed by atoms with E-state index in [1.165, 1.54) is 0 Å². The molecule has 53 heavy (non-hydrogen) atoms. The highest BCUT2D eigenvalue weighted by atomic mass is 16.5. The van der Waals surface area contributed by atoms with E-state index in [-0.39, 0.29) is 24.0 Å². The zero-order valence-electron chi connectivity index (χ0n) is 35.9. The van der Waals surface area contributed by atoms with Crippen LogP contribution < -0.4 is 0 Å². The fourth-order valence-electron chi connectivity index (χ4n) is 7.42. The average Bonchev–Trinajstić information content (AvgIpc) is 3.45. The molecular weight excluding hydrogens is 665 g/mol. The summed E-state index contributed by atoms with van der Waals surface area (Å²) in [6.07, 6.45) is 24.5. The van der Waals surface area contributed by atoms with Gasteiger partial charge in [-0.05, 0) is 100 Å². The monoisotopic (exact) mass is 747 g/mol. The van der Waals surface area contributed by atoms with Crippen molar-refractivity contribution >= 4 is 17.9 Å². The number of imidazole rings is 1. The number of ether oxygens (including phenoxy) is 3. The molecule has 2 atom stereocenters. The second kappa shape index (κ2) is 28.1. The van der Waals surface area contributed by atoms with Crippen LogP contribution in [-0.4, -0.2) is 46.8 Å². The van der Waals surface area contributed by atoms with Crippen LogP contribution in [0.2, 0.25) is 0 Å². The molecule has 8 heteroatoms. The maximum atomic E-state index is 12.8. The van der Waals surface area contributed by atoms with E-state index >= 15 is 0 Å². The van der Waals surface area contributed by atoms with Crippen molar-refractivity contribution in [2.45, 2.75) is 216 Å². The Morgan fingerprint density at radius 2 is 1.02 bits per heavy atom. The topological polar surface area (TPSA) is 96.7 Å². The van der Waals surface area contributed by atoms with E-state index in [9.17, 15) is 14.4 Å². The standard InChI is InChI=1S/C45H82N2O6/c1-37(35-44(4,5)6)28-33-51-41(48)25-20-16-12-10-14-18-23-40(53-43(50)27-22-31-47-32-30-46-39(47)3)24-19-15-11-13-17-21-26-42(49)52-34-29-38(2)36-45(7,8)9/h30,32,37-38,40H,10-29,31,33-36H2,1-9H3. The van der Waals surface area contributed by atoms with E-state index in [2.05, 4.69) is 64.9 Å². The second-order valence-electron chi connectivity index (χ2n) is 18.5. The molecule has 0 saturated heterocycles. The van der Waals surface area contributed by atoms with Crippen molar-refractivity contribution in [1.29, 1.82) is 0 Å². The van der Waals surface area contributed by atoms with Crippen LogP contribution in [0.4, 0.5) is 0 Å². The summed E-state index contributed by atoms with van der Waals surface area (Å²) in [6, 6.07) is 0. The van der Waals surface area contributed by atoms with Gasteiger partial charge in [0.1, 0.15) is 11.9 Å². The Hall–Kier alpha value is -2.38. The van der Waals surface area contributed by atoms with Crippen LogP contribution in [0.3, 0.4) is 0 Å². The lowest BCUT2D eigenvalue weighted by atomic mass is 9.84. The van der Waals surface area contributed by atoms with E-state index in [4.69, 9.17) is 14.2 Å². The van der Waals surface area contributed by atoms with Gasteiger partial charge >= 0.3 is 17.9 Å². The predicted molar refractivity (Wildman–Crippen MR) is 218 cm³/mol. The molecule has 0 saturated carbocycles. The lowest BCUT2D eigenvalue weighted by molar-refractivity contribution is -0.150. The number of carbonyl (C=O) groups excluding carboxylic acids is 3. The number of unbranched alkanes of at least 4 members (excludes halogenated alkanes) is 10. The van der Waals surface area contributed by atoms with E-state index in [0.29, 0.717) is 55.1 Å². The van der Waals surface area contributed by atoms with Crippen LogP contribution in [0.15, 0.2) is 12.4 Å². The Morgan fingerprint density at radius 3 is 1.43 bits per heavy atom. The van der Waals surface area contributed by atoms with Crippen molar-refractivity contribution < 1.29 is 28.6 Å². The first kappa shape index (κ1) is 48.6. The summed E-state index contributed by atoms with van der Waals surface area (Å²) < 4.78 is 19.0. The molecule has 0 fully saturated rings. The SMILES string of the molecule is Cc1nccn1CCCC(=O)OC(CCCCCCCCC(=O)OCCC(C)CC(C)(C)C)CCCCCCCCC(=O)OCCC(C)CC(C)(C)C. The molecule has 1 aromatic heterocycles. The van der Waals surface area contributed by atoms with Crippen molar-refractivity contribution in [2.75, 3.05) is 13.2 Å². The van der Waals surface area contributed by atoms with E-state index in [1.54, 1.807) is 6.20 Å². The molecule has 1 rings (SSSR count). The van der Waals surface area contributed by atoms with Gasteiger partial charge in [-0.2, -0.15) is 0 Å². The molecule has 0 spiro atoms. The van der Waals surface area contributed by atoms with Crippen molar-refractivity contribution in [3.63, 3.8) is 0 Å². The largest absolute Gasteiger partial charge is 0.466 e. The molecule has 1 aromatic rings. The summed E-state index contributed by atoms with van der Waals surface area (Å²) in [7, 11) is 0. The summed E-state index contributed by atoms with van der Waals surface area (Å²) in [5.74, 6) is 1.86. The highest BCUT2D eigenvalue weighted by molar-refractivity contribution is 5.70. The van der Waals surface area contributed by atoms with Gasteiger partial charge in [0.05, 0.1) is 13.2 Å². The van der Waals surface area contributed by atoms with Gasteiger partial charge in [-0.15, -0.1) is 0 Å². The molecule has 0 aliphatic rings. The quantitative estimate of drug-likeness (QED) is 0.0424. The summed E-state index contributed by atoms with van der Waals surface area (Å²) >= 11 is 0. The molecule has 0 N–H and O–H groups in total. The number of hydrogen-bond acceptors (Lipinski definition) is 7. The van der Waals surface area contributed by atoms with Gasteiger partial charge in [-0.1, -0.05) is 107 Å². The molecular formula is C45H82N2O6. The summed E-state index contributed by atoms with van der Waals surface area (Å²) in [4.78, 5) is 41.3. The van der Waals surface area contributed by atoms with E-state index in [1.807, 2.05) is 13.1 Å². The smallest absolute Gasteiger partial charge is 0.306 e. The van der Waals surface area contributed by atoms with Gasteiger partial charge < -0.3 is 18.8 Å². The van der Waals surface area contributed by atoms with Crippen LogP contribution in [0, 0.1) is 29.6 Å². The first-order valence-corrected chi connectivity index (χ1v) is 21.5. The molecule has 308 valence electrons. The maximum Gasteiger partial charge on any atom is 0.306 e. The Kier molecular flexibility index (Phi) is 25.8. The lowest BCUT2D eigenvalue weighted by Gasteiger charge is -2.23. The zero-order valence-corrected chi connectivity index (χ0v) is 35.9. The Balaban J connectivity index is 2.26. The van der Waals surface area contributed by atoms with Gasteiger partial charge in [-0.25, -0.2) is 4.98 Å². The van der Waals surface area contributed by atoms with E-state index < -0.39 is 0 Å². The van der Waals surface area contributed by atoms with Gasteiger partial charge in [0, 0.05) is 38.2 Å². The zero-order chi connectivity index (χ0) is 39.5. The number of carbonyl (C=O) groups is 3. The fourth-order valence-corrected chi connectivity index (χ4v) is 7.42. The number of esters is 3. The van der Waals surface area contributed by atoms with E-state index in [0.717, 1.165) is 134 Å². The molecule has 2 unspecified atom stereocenters. The third kappa shape index (κ3) is 29.6. The number of hydrogen-bond donors (Lipinski definition) is 0. The van der Waals surface area contributed by atoms with Gasteiger partial charge in [0.2, 0.25) is 0 Å². The number of aromatic nitrogens is 2. The summed E-state index contributed by atoms with van der Waals surface area (Å²) in [6.45, 7) is 21.8. The van der Waals surface area contributed by atoms with Crippen LogP contribution in [-0.2, 0) is 35.1 Å². The van der Waals surface area contributed by atoms with Crippen molar-refractivity contribution in [3.05, 3.63) is 18.2 Å². The lowest BCUT2D eigenvalue weighted by Crippen LogP contribution is -2.19. The molecule has 0 aliphatic heterocycles. The van der Waals surface area contributed by atoms with Crippen LogP contribution in [0.1, 0.15) is 202 Å². The summed E-state index contributed by atoms with van der Waals surface area (Å²) in [5.41, 5.74) is 0.614. The van der Waals surface area contributed by atoms with Gasteiger partial charge in [0.25, 0.3) is 0 Å². The minimum atomic E-state index is -0.0983. The number of aryl methyl sites for hydroxylation is 2. The van der Waals surface area contributed by atoms with Crippen molar-refractivity contribution in [1.82, 2.24) is 9.55 Å². The molecule has 8 nitrogen and oxygen atoms in total. The molecule has 0 radical (unpaired) electrons. The average molecular weight is 747 g/mol. The Bertz CT molecular complexity index is 1050. The first-order chi connectivity index (χ1) is 25.0. The third-order valence-corrected chi connectivity index (χ3v) is 9.98. The second-order valence-corrected chi connectivity index (χ2v) is 18.5. The minimum Gasteiger partial charge on any atom is -0.466 e. The highest BCUT2D eigenvalue weighted by Crippen LogP contribution is 2.27.